The van der Waals surface area contributed by atoms with E-state index in [2.05, 4.69) is 277 Å². The molecule has 5 heteroatoms. The van der Waals surface area contributed by atoms with E-state index in [1.807, 2.05) is 11.3 Å². The number of benzene rings is 10. The van der Waals surface area contributed by atoms with E-state index in [0.717, 1.165) is 44.6 Å². The Balaban J connectivity index is 1.14. The Kier molecular flexibility index (Phi) is 10.1. The molecule has 0 amide bonds. The average molecular weight is 1020 g/mol. The lowest BCUT2D eigenvalue weighted by atomic mass is 9.43. The molecule has 0 radical (unpaired) electrons. The summed E-state index contributed by atoms with van der Waals surface area (Å²) in [6.07, 6.45) is 0. The summed E-state index contributed by atoms with van der Waals surface area (Å²) in [5.74, 6) is 0. The Hall–Kier alpha value is -8.38. The minimum absolute atomic E-state index is 0.0176. The molecule has 3 nitrogen and oxygen atoms in total. The number of fused-ring (bicyclic) bond motifs is 12. The van der Waals surface area contributed by atoms with Crippen molar-refractivity contribution in [2.24, 2.45) is 0 Å². The molecule has 78 heavy (non-hydrogen) atoms. The summed E-state index contributed by atoms with van der Waals surface area (Å²) in [7, 11) is 0. The van der Waals surface area contributed by atoms with Gasteiger partial charge in [-0.3, -0.25) is 0 Å². The van der Waals surface area contributed by atoms with Crippen LogP contribution >= 0.6 is 11.3 Å². The normalized spacial score (nSPS) is 14.2. The molecule has 12 aromatic rings. The predicted octanol–water partition coefficient (Wildman–Crippen LogP) is 19.4. The highest BCUT2D eigenvalue weighted by atomic mass is 32.1. The topological polar surface area (TPSA) is 19.6 Å². The second-order valence-electron chi connectivity index (χ2n) is 24.4. The van der Waals surface area contributed by atoms with Crippen molar-refractivity contribution in [2.45, 2.75) is 71.6 Å². The minimum atomic E-state index is -0.252. The molecule has 0 fully saturated rings. The van der Waals surface area contributed by atoms with Crippen molar-refractivity contribution >= 4 is 89.6 Å². The molecule has 4 heterocycles. The molecular weight excluding hydrogens is 964 g/mol. The van der Waals surface area contributed by atoms with Gasteiger partial charge in [0, 0.05) is 76.2 Å². The van der Waals surface area contributed by atoms with Crippen LogP contribution in [-0.4, -0.2) is 6.85 Å². The molecule has 10 aromatic carbocycles. The van der Waals surface area contributed by atoms with Crippen LogP contribution in [0.5, 0.6) is 0 Å². The number of para-hydroxylation sites is 1. The van der Waals surface area contributed by atoms with Crippen molar-refractivity contribution in [1.29, 1.82) is 0 Å². The van der Waals surface area contributed by atoms with Crippen molar-refractivity contribution in [1.82, 2.24) is 0 Å². The van der Waals surface area contributed by atoms with E-state index in [0.29, 0.717) is 0 Å². The first kappa shape index (κ1) is 46.9. The highest BCUT2D eigenvalue weighted by Crippen LogP contribution is 2.58. The van der Waals surface area contributed by atoms with E-state index in [1.165, 1.54) is 104 Å². The van der Waals surface area contributed by atoms with Crippen molar-refractivity contribution in [2.75, 3.05) is 9.71 Å². The van der Waals surface area contributed by atoms with Gasteiger partial charge in [-0.1, -0.05) is 207 Å². The molecule has 0 unspecified atom stereocenters. The number of thiophene rings is 1. The molecule has 0 N–H and O–H groups in total. The van der Waals surface area contributed by atoms with Gasteiger partial charge >= 0.3 is 6.85 Å². The Morgan fingerprint density at radius 2 is 1.08 bits per heavy atom. The molecular formula is C73H59BN2OS. The van der Waals surface area contributed by atoms with Crippen LogP contribution in [0, 0.1) is 0 Å². The first-order valence-electron chi connectivity index (χ1n) is 27.6. The van der Waals surface area contributed by atoms with Gasteiger partial charge < -0.3 is 14.1 Å². The van der Waals surface area contributed by atoms with Gasteiger partial charge in [0.15, 0.2) is 0 Å². The summed E-state index contributed by atoms with van der Waals surface area (Å²) < 4.78 is 8.59. The molecule has 0 saturated heterocycles. The highest BCUT2D eigenvalue weighted by Gasteiger charge is 2.49. The molecule has 0 saturated carbocycles. The van der Waals surface area contributed by atoms with Crippen molar-refractivity contribution < 1.29 is 4.42 Å². The van der Waals surface area contributed by atoms with E-state index in [4.69, 9.17) is 4.42 Å². The fourth-order valence-electron chi connectivity index (χ4n) is 13.4. The monoisotopic (exact) mass is 1020 g/mol. The largest absolute Gasteiger partial charge is 0.455 e. The van der Waals surface area contributed by atoms with Gasteiger partial charge in [0.1, 0.15) is 11.2 Å². The van der Waals surface area contributed by atoms with Gasteiger partial charge in [0.2, 0.25) is 0 Å². The Labute approximate surface area is 462 Å². The Morgan fingerprint density at radius 1 is 0.449 bits per heavy atom. The maximum absolute atomic E-state index is 7.33. The summed E-state index contributed by atoms with van der Waals surface area (Å²) >= 11 is 1.91. The number of nitrogens with zero attached hydrogens (tertiary/aromatic N) is 2. The molecule has 2 aromatic heterocycles. The molecule has 0 bridgehead atoms. The van der Waals surface area contributed by atoms with E-state index in [-0.39, 0.29) is 23.1 Å². The van der Waals surface area contributed by atoms with Crippen LogP contribution < -0.4 is 20.6 Å². The number of furan rings is 1. The van der Waals surface area contributed by atoms with Crippen molar-refractivity contribution in [3.8, 4) is 54.9 Å². The molecule has 376 valence electrons. The summed E-state index contributed by atoms with van der Waals surface area (Å²) in [4.78, 5) is 6.62. The average Bonchev–Trinajstić information content (AvgIpc) is 3.98. The first-order chi connectivity index (χ1) is 37.7. The predicted molar refractivity (Wildman–Crippen MR) is 334 cm³/mol. The van der Waals surface area contributed by atoms with Crippen LogP contribution in [0.25, 0.3) is 87.0 Å². The second kappa shape index (κ2) is 16.8. The molecule has 3 aliphatic rings. The lowest BCUT2D eigenvalue weighted by Gasteiger charge is -2.46. The molecule has 0 spiro atoms. The van der Waals surface area contributed by atoms with E-state index >= 15 is 0 Å². The van der Waals surface area contributed by atoms with Gasteiger partial charge in [-0.15, -0.1) is 11.3 Å². The van der Waals surface area contributed by atoms with Crippen LogP contribution in [-0.2, 0) is 16.2 Å². The highest BCUT2D eigenvalue weighted by molar-refractivity contribution is 7.23. The van der Waals surface area contributed by atoms with E-state index in [1.54, 1.807) is 0 Å². The number of rotatable bonds is 5. The molecule has 1 aliphatic carbocycles. The van der Waals surface area contributed by atoms with Gasteiger partial charge in [0.05, 0.1) is 5.69 Å². The van der Waals surface area contributed by atoms with Gasteiger partial charge in [-0.2, -0.15) is 0 Å². The van der Waals surface area contributed by atoms with Crippen LogP contribution in [0.2, 0.25) is 0 Å². The summed E-state index contributed by atoms with van der Waals surface area (Å²) in [6.45, 7) is 18.5. The number of hydrogen-bond acceptors (Lipinski definition) is 4. The van der Waals surface area contributed by atoms with Crippen molar-refractivity contribution in [3.05, 3.63) is 235 Å². The van der Waals surface area contributed by atoms with Crippen LogP contribution in [0.3, 0.4) is 0 Å². The van der Waals surface area contributed by atoms with Gasteiger partial charge in [-0.25, -0.2) is 0 Å². The quantitative estimate of drug-likeness (QED) is 0.160. The summed E-state index contributed by atoms with van der Waals surface area (Å²) in [5, 5.41) is 3.47. The van der Waals surface area contributed by atoms with Gasteiger partial charge in [-0.05, 0) is 132 Å². The number of anilines is 5. The second-order valence-corrected chi connectivity index (χ2v) is 25.5. The van der Waals surface area contributed by atoms with Crippen LogP contribution in [0.1, 0.15) is 77.6 Å². The van der Waals surface area contributed by atoms with Crippen LogP contribution in [0.15, 0.2) is 217 Å². The lowest BCUT2D eigenvalue weighted by molar-refractivity contribution is 0.590. The van der Waals surface area contributed by atoms with E-state index in [9.17, 15) is 0 Å². The first-order valence-corrected chi connectivity index (χ1v) is 28.4. The standard InChI is InChI=1S/C73H59BN2OS/c1-71(2,3)47-32-35-49(36-33-47)76-61-42-58-53(50-28-18-20-30-57(50)73(58,7)8)39-55(61)67-68-63(40-54-51-29-19-21-31-64(51)77-69(54)67)75(60-37-34-48(72(4,5)6)38-52(60)44-22-12-9-13-23-44)62-41-56-65(43-59(62)74(68)76)78-70(46-26-16-11-17-27-46)66(56)45-24-14-10-15-25-45/h9-43H,1-8H3. The maximum Gasteiger partial charge on any atom is 0.333 e. The smallest absolute Gasteiger partial charge is 0.333 e. The third-order valence-electron chi connectivity index (χ3n) is 17.4. The molecule has 2 aliphatic heterocycles. The Bertz CT molecular complexity index is 4420. The third kappa shape index (κ3) is 6.90. The van der Waals surface area contributed by atoms with Gasteiger partial charge in [0.25, 0.3) is 0 Å². The fraction of sp³-hybridized carbons (Fsp3) is 0.151. The number of hydrogen-bond donors (Lipinski definition) is 0. The zero-order valence-corrected chi connectivity index (χ0v) is 46.3. The third-order valence-corrected chi connectivity index (χ3v) is 18.6. The maximum atomic E-state index is 7.33. The summed E-state index contributed by atoms with van der Waals surface area (Å²) in [5.41, 5.74) is 26.1. The fourth-order valence-corrected chi connectivity index (χ4v) is 14.6. The molecule has 15 rings (SSSR count). The lowest BCUT2D eigenvalue weighted by Crippen LogP contribution is -2.61. The Morgan fingerprint density at radius 3 is 1.79 bits per heavy atom. The zero-order valence-electron chi connectivity index (χ0n) is 45.5. The van der Waals surface area contributed by atoms with Crippen LogP contribution in [0.4, 0.5) is 28.4 Å². The minimum Gasteiger partial charge on any atom is -0.455 e. The van der Waals surface area contributed by atoms with E-state index < -0.39 is 0 Å². The van der Waals surface area contributed by atoms with Crippen molar-refractivity contribution in [3.63, 3.8) is 0 Å². The molecule has 0 atom stereocenters. The summed E-state index contributed by atoms with van der Waals surface area (Å²) in [6, 6.07) is 80.2. The zero-order chi connectivity index (χ0) is 53.0. The SMILES string of the molecule is CC(C)(C)c1ccc(N2B3c4cc5sc(-c6ccccc6)c(-c6ccccc6)c5cc4N(c4ccc(C(C)(C)C)cc4-c4ccccc4)c4cc5c(oc6ccccc65)c(c43)-c3cc4c(cc32)C(C)(C)c2ccccc2-4)cc1.